The standard InChI is InChI=1S/C23H24F4N2O4/c1-28-14-6-3-12(4-7-14)16-10-15(33-2)11-17(20(16)22(31)32)21(30)29-19-8-5-13(9-18(19)24)23(25,26)27/h3-9,15-17,20,28H,10-11H2,1-2H3,(H,29,30)(H,31,32)/t15-,16-,17-,20-/m1/s1/i2D. The number of rotatable bonds is 6. The maximum absolute atomic E-state index is 14.3. The Balaban J connectivity index is 1.91. The van der Waals surface area contributed by atoms with Crippen LogP contribution in [0.5, 0.6) is 0 Å². The van der Waals surface area contributed by atoms with Gasteiger partial charge in [-0.05, 0) is 48.7 Å². The summed E-state index contributed by atoms with van der Waals surface area (Å²) in [6.45, 7) is 0. The summed E-state index contributed by atoms with van der Waals surface area (Å²) < 4.78 is 65.5. The number of ether oxygens (including phenoxy) is 1. The third-order valence-corrected chi connectivity index (χ3v) is 5.94. The molecule has 0 radical (unpaired) electrons. The van der Waals surface area contributed by atoms with E-state index in [4.69, 9.17) is 6.11 Å². The van der Waals surface area contributed by atoms with E-state index in [0.717, 1.165) is 11.8 Å². The van der Waals surface area contributed by atoms with Crippen molar-refractivity contribution in [3.05, 3.63) is 59.4 Å². The fraction of sp³-hybridized carbons (Fsp3) is 0.391. The molecule has 6 nitrogen and oxygen atoms in total. The summed E-state index contributed by atoms with van der Waals surface area (Å²) in [6, 6.07) is 8.68. The van der Waals surface area contributed by atoms with Gasteiger partial charge in [-0.1, -0.05) is 12.1 Å². The van der Waals surface area contributed by atoms with Gasteiger partial charge in [-0.25, -0.2) is 4.39 Å². The number of hydrogen-bond acceptors (Lipinski definition) is 4. The van der Waals surface area contributed by atoms with E-state index in [9.17, 15) is 32.3 Å². The minimum Gasteiger partial charge on any atom is -0.481 e. The zero-order chi connectivity index (χ0) is 25.0. The highest BCUT2D eigenvalue weighted by molar-refractivity contribution is 5.95. The third kappa shape index (κ3) is 5.44. The van der Waals surface area contributed by atoms with Gasteiger partial charge in [0.05, 0.1) is 30.6 Å². The van der Waals surface area contributed by atoms with Crippen LogP contribution in [0.15, 0.2) is 42.5 Å². The molecule has 3 N–H and O–H groups in total. The van der Waals surface area contributed by atoms with Crippen molar-refractivity contribution in [3.8, 4) is 0 Å². The molecule has 0 spiro atoms. The summed E-state index contributed by atoms with van der Waals surface area (Å²) in [5, 5.41) is 15.2. The molecule has 4 atom stereocenters. The molecule has 0 saturated heterocycles. The second-order valence-corrected chi connectivity index (χ2v) is 7.89. The molecule has 1 saturated carbocycles. The molecule has 1 amide bonds. The summed E-state index contributed by atoms with van der Waals surface area (Å²) in [5.74, 6) is -6.37. The van der Waals surface area contributed by atoms with Crippen LogP contribution in [-0.2, 0) is 20.5 Å². The number of hydrogen-bond donors (Lipinski definition) is 3. The van der Waals surface area contributed by atoms with Crippen molar-refractivity contribution < 1.29 is 38.4 Å². The molecule has 0 heterocycles. The Kier molecular flexibility index (Phi) is 6.83. The van der Waals surface area contributed by atoms with Crippen LogP contribution in [-0.4, -0.2) is 37.2 Å². The first-order valence-corrected chi connectivity index (χ1v) is 10.1. The van der Waals surface area contributed by atoms with Crippen LogP contribution in [0.1, 0.15) is 31.3 Å². The average molecular weight is 469 g/mol. The number of benzene rings is 2. The lowest BCUT2D eigenvalue weighted by atomic mass is 9.68. The van der Waals surface area contributed by atoms with Gasteiger partial charge in [-0.15, -0.1) is 0 Å². The fourth-order valence-electron chi connectivity index (χ4n) is 4.25. The van der Waals surface area contributed by atoms with Gasteiger partial charge in [0.2, 0.25) is 5.91 Å². The van der Waals surface area contributed by atoms with Crippen LogP contribution in [0.4, 0.5) is 28.9 Å². The Morgan fingerprint density at radius 3 is 2.39 bits per heavy atom. The molecule has 3 rings (SSSR count). The second kappa shape index (κ2) is 9.78. The van der Waals surface area contributed by atoms with Gasteiger partial charge in [0.25, 0.3) is 0 Å². The van der Waals surface area contributed by atoms with Crippen molar-refractivity contribution in [3.63, 3.8) is 0 Å². The maximum Gasteiger partial charge on any atom is 0.416 e. The van der Waals surface area contributed by atoms with Gasteiger partial charge < -0.3 is 20.5 Å². The number of carboxylic acid groups (broad SMARTS) is 1. The lowest BCUT2D eigenvalue weighted by Crippen LogP contribution is -2.44. The van der Waals surface area contributed by atoms with E-state index < -0.39 is 66.1 Å². The van der Waals surface area contributed by atoms with Crippen molar-refractivity contribution >= 4 is 23.3 Å². The van der Waals surface area contributed by atoms with E-state index in [1.807, 2.05) is 0 Å². The van der Waals surface area contributed by atoms with Crippen LogP contribution < -0.4 is 10.6 Å². The molecule has 10 heteroatoms. The van der Waals surface area contributed by atoms with Crippen LogP contribution in [0.25, 0.3) is 0 Å². The van der Waals surface area contributed by atoms with Crippen molar-refractivity contribution in [1.29, 1.82) is 0 Å². The number of carboxylic acids is 1. The maximum atomic E-state index is 14.3. The smallest absolute Gasteiger partial charge is 0.416 e. The third-order valence-electron chi connectivity index (χ3n) is 5.94. The van der Waals surface area contributed by atoms with Gasteiger partial charge in [0.1, 0.15) is 5.82 Å². The van der Waals surface area contributed by atoms with E-state index in [-0.39, 0.29) is 18.9 Å². The number of amides is 1. The largest absolute Gasteiger partial charge is 0.481 e. The van der Waals surface area contributed by atoms with E-state index in [1.54, 1.807) is 31.3 Å². The van der Waals surface area contributed by atoms with Crippen molar-refractivity contribution in [2.45, 2.75) is 31.0 Å². The van der Waals surface area contributed by atoms with E-state index in [0.29, 0.717) is 11.6 Å². The predicted octanol–water partition coefficient (Wildman–Crippen LogP) is 4.73. The minimum absolute atomic E-state index is 0.0327. The molecule has 2 aromatic carbocycles. The Hall–Kier alpha value is -3.14. The van der Waals surface area contributed by atoms with Gasteiger partial charge in [0.15, 0.2) is 0 Å². The normalized spacial score (nSPS) is 23.5. The lowest BCUT2D eigenvalue weighted by molar-refractivity contribution is -0.151. The predicted molar refractivity (Wildman–Crippen MR) is 113 cm³/mol. The molecule has 2 aromatic rings. The number of carbonyl (C=O) groups excluding carboxylic acids is 1. The quantitative estimate of drug-likeness (QED) is 0.533. The average Bonchev–Trinajstić information content (AvgIpc) is 2.79. The van der Waals surface area contributed by atoms with Crippen LogP contribution in [0.2, 0.25) is 0 Å². The first kappa shape index (κ1) is 23.0. The molecule has 0 bridgehead atoms. The molecule has 0 unspecified atom stereocenters. The highest BCUT2D eigenvalue weighted by Crippen LogP contribution is 2.43. The number of halogens is 4. The Bertz CT molecular complexity index is 1030. The topological polar surface area (TPSA) is 87.7 Å². The summed E-state index contributed by atoms with van der Waals surface area (Å²) in [5.41, 5.74) is -0.237. The van der Waals surface area contributed by atoms with Gasteiger partial charge in [-0.2, -0.15) is 13.2 Å². The van der Waals surface area contributed by atoms with Gasteiger partial charge in [-0.3, -0.25) is 9.59 Å². The highest BCUT2D eigenvalue weighted by Gasteiger charge is 2.46. The SMILES string of the molecule is [2H]CO[C@@H]1C[C@H](c2ccc(NC)cc2)[C@@H](C(=O)O)[C@H](C(=O)Nc2ccc(C(F)(F)F)cc2F)C1. The number of nitrogens with one attached hydrogen (secondary N) is 2. The molecular weight excluding hydrogens is 444 g/mol. The highest BCUT2D eigenvalue weighted by atomic mass is 19.4. The van der Waals surface area contributed by atoms with Crippen LogP contribution >= 0.6 is 0 Å². The zero-order valence-corrected chi connectivity index (χ0v) is 17.7. The fourth-order valence-corrected chi connectivity index (χ4v) is 4.25. The second-order valence-electron chi connectivity index (χ2n) is 7.89. The van der Waals surface area contributed by atoms with Crippen molar-refractivity contribution in [2.24, 2.45) is 11.8 Å². The van der Waals surface area contributed by atoms with Crippen LogP contribution in [0, 0.1) is 17.7 Å². The minimum atomic E-state index is -4.75. The first-order valence-electron chi connectivity index (χ1n) is 10.8. The van der Waals surface area contributed by atoms with Crippen molar-refractivity contribution in [1.82, 2.24) is 0 Å². The number of aliphatic carboxylic acids is 1. The molecular formula is C23H24F4N2O4. The Labute approximate surface area is 189 Å². The number of alkyl halides is 3. The number of methoxy groups -OCH3 is 1. The Morgan fingerprint density at radius 2 is 1.85 bits per heavy atom. The van der Waals surface area contributed by atoms with Crippen molar-refractivity contribution in [2.75, 3.05) is 24.8 Å². The number of carbonyl (C=O) groups is 2. The first-order chi connectivity index (χ1) is 16.0. The van der Waals surface area contributed by atoms with E-state index >= 15 is 0 Å². The molecule has 0 aliphatic heterocycles. The summed E-state index contributed by atoms with van der Waals surface area (Å²) in [6.07, 6.45) is -5.13. The molecule has 1 aliphatic carbocycles. The monoisotopic (exact) mass is 469 g/mol. The molecule has 1 aliphatic rings. The number of anilines is 2. The zero-order valence-electron chi connectivity index (χ0n) is 18.7. The van der Waals surface area contributed by atoms with Gasteiger partial charge >= 0.3 is 12.1 Å². The van der Waals surface area contributed by atoms with Crippen LogP contribution in [0.3, 0.4) is 0 Å². The van der Waals surface area contributed by atoms with E-state index in [2.05, 4.69) is 10.6 Å². The summed E-state index contributed by atoms with van der Waals surface area (Å²) in [7, 11) is 1.34. The molecule has 0 aromatic heterocycles. The molecule has 178 valence electrons. The lowest BCUT2D eigenvalue weighted by Gasteiger charge is -2.39. The van der Waals surface area contributed by atoms with Gasteiger partial charge in [0, 0.05) is 25.7 Å². The summed E-state index contributed by atoms with van der Waals surface area (Å²) in [4.78, 5) is 25.3. The van der Waals surface area contributed by atoms with E-state index in [1.165, 1.54) is 0 Å². The molecule has 1 fully saturated rings. The molecule has 33 heavy (non-hydrogen) atoms. The Morgan fingerprint density at radius 1 is 1.15 bits per heavy atom. The summed E-state index contributed by atoms with van der Waals surface area (Å²) >= 11 is 0.